The molecule has 0 amide bonds. The van der Waals surface area contributed by atoms with Crippen LogP contribution < -0.4 is 0 Å². The smallest absolute Gasteiger partial charge is 0.335 e. The molecule has 11 N–H and O–H groups in total. The minimum absolute atomic E-state index is 0.327. The average molecular weight is 546 g/mol. The van der Waals surface area contributed by atoms with E-state index in [1.54, 1.807) is 0 Å². The van der Waals surface area contributed by atoms with Crippen LogP contribution in [0.4, 0.5) is 0 Å². The van der Waals surface area contributed by atoms with E-state index in [-0.39, 0.29) is 11.5 Å². The number of phenolic OH excluding ortho intramolecular Hbond substituents is 2. The molecule has 0 spiro atoms. The van der Waals surface area contributed by atoms with Crippen LogP contribution in [0, 0.1) is 0 Å². The fraction of sp³-hybridized carbons (Fsp3) is 0.522. The maximum absolute atomic E-state index is 11.8. The standard InChI is InChI=1S/C16H18O9.C7H12O6/c17-9-3-1-8(5-10(9)18)2-4-13(20)25-12-7-16(24,15(22)23)6-11(19)14(12)21;8-3-1-7(13,6(11)12)2-4(9)5(3)10/h1-5,11-12,14,17-19,21,24H,6-7H2,(H,22,23);3-5,8-10,13H,1-2H2,(H,11,12)/b4-2-;. The Bertz CT molecular complexity index is 1040. The third-order valence-electron chi connectivity index (χ3n) is 6.22. The van der Waals surface area contributed by atoms with E-state index >= 15 is 0 Å². The van der Waals surface area contributed by atoms with Gasteiger partial charge in [-0.05, 0) is 23.8 Å². The normalized spacial score (nSPS) is 35.1. The molecule has 2 aliphatic rings. The second kappa shape index (κ2) is 12.0. The highest BCUT2D eigenvalue weighted by atomic mass is 16.6. The van der Waals surface area contributed by atoms with Gasteiger partial charge in [0.05, 0.1) is 18.3 Å². The highest BCUT2D eigenvalue weighted by Crippen LogP contribution is 2.32. The van der Waals surface area contributed by atoms with Crippen molar-refractivity contribution in [1.82, 2.24) is 0 Å². The SMILES string of the molecule is O=C(/C=C\c1ccc(O)c(O)c1)OC1CC(O)(C(=O)O)CC(O)C1O.O=C(O)C1(O)CC(O)C(O)C(O)C1. The fourth-order valence-electron chi connectivity index (χ4n) is 3.98. The summed E-state index contributed by atoms with van der Waals surface area (Å²) in [6.07, 6.45) is -8.60. The molecule has 0 bridgehead atoms. The van der Waals surface area contributed by atoms with Gasteiger partial charge in [0.2, 0.25) is 0 Å². The van der Waals surface area contributed by atoms with Crippen molar-refractivity contribution in [1.29, 1.82) is 0 Å². The van der Waals surface area contributed by atoms with Gasteiger partial charge < -0.3 is 60.9 Å². The van der Waals surface area contributed by atoms with Gasteiger partial charge in [-0.3, -0.25) is 0 Å². The Balaban J connectivity index is 0.000000328. The molecule has 15 nitrogen and oxygen atoms in total. The second-order valence-electron chi connectivity index (χ2n) is 9.23. The van der Waals surface area contributed by atoms with E-state index in [2.05, 4.69) is 0 Å². The van der Waals surface area contributed by atoms with Gasteiger partial charge in [-0.1, -0.05) is 6.07 Å². The van der Waals surface area contributed by atoms with Crippen LogP contribution in [-0.2, 0) is 19.1 Å². The number of aliphatic hydroxyl groups excluding tert-OH is 5. The Morgan fingerprint density at radius 2 is 1.24 bits per heavy atom. The van der Waals surface area contributed by atoms with Gasteiger partial charge in [-0.15, -0.1) is 0 Å². The number of esters is 1. The summed E-state index contributed by atoms with van der Waals surface area (Å²) in [4.78, 5) is 33.4. The topological polar surface area (TPSA) is 283 Å². The number of carbonyl (C=O) groups excluding carboxylic acids is 1. The summed E-state index contributed by atoms with van der Waals surface area (Å²) in [7, 11) is 0. The maximum atomic E-state index is 11.8. The largest absolute Gasteiger partial charge is 0.504 e. The number of hydrogen-bond acceptors (Lipinski definition) is 13. The quantitative estimate of drug-likeness (QED) is 0.0999. The Morgan fingerprint density at radius 1 is 0.763 bits per heavy atom. The first-order valence-electron chi connectivity index (χ1n) is 11.2. The molecule has 15 heteroatoms. The first-order valence-corrected chi connectivity index (χ1v) is 11.2. The lowest BCUT2D eigenvalue weighted by molar-refractivity contribution is -0.196. The van der Waals surface area contributed by atoms with E-state index in [1.165, 1.54) is 24.3 Å². The van der Waals surface area contributed by atoms with Gasteiger partial charge >= 0.3 is 17.9 Å². The molecule has 6 atom stereocenters. The molecule has 38 heavy (non-hydrogen) atoms. The van der Waals surface area contributed by atoms with Crippen LogP contribution >= 0.6 is 0 Å². The molecule has 2 fully saturated rings. The van der Waals surface area contributed by atoms with Gasteiger partial charge in [-0.25, -0.2) is 14.4 Å². The number of aromatic hydroxyl groups is 2. The summed E-state index contributed by atoms with van der Waals surface area (Å²) < 4.78 is 4.92. The Morgan fingerprint density at radius 3 is 1.71 bits per heavy atom. The number of aliphatic carboxylic acids is 2. The number of ether oxygens (including phenoxy) is 1. The number of aliphatic hydroxyl groups is 7. The summed E-state index contributed by atoms with van der Waals surface area (Å²) in [6.45, 7) is 0. The Hall–Kier alpha value is -3.31. The Kier molecular flexibility index (Phi) is 9.79. The zero-order valence-electron chi connectivity index (χ0n) is 19.7. The van der Waals surface area contributed by atoms with E-state index in [1.807, 2.05) is 0 Å². The molecule has 212 valence electrons. The van der Waals surface area contributed by atoms with E-state index < -0.39 is 91.4 Å². The third kappa shape index (κ3) is 7.38. The summed E-state index contributed by atoms with van der Waals surface area (Å²) in [5, 5.41) is 102. The van der Waals surface area contributed by atoms with Gasteiger partial charge in [0.25, 0.3) is 0 Å². The lowest BCUT2D eigenvalue weighted by Gasteiger charge is -2.39. The number of hydrogen-bond donors (Lipinski definition) is 11. The molecule has 1 aromatic rings. The summed E-state index contributed by atoms with van der Waals surface area (Å²) in [5.41, 5.74) is -4.08. The third-order valence-corrected chi connectivity index (χ3v) is 6.22. The van der Waals surface area contributed by atoms with Crippen LogP contribution in [0.3, 0.4) is 0 Å². The lowest BCUT2D eigenvalue weighted by atomic mass is 9.79. The predicted octanol–water partition coefficient (Wildman–Crippen LogP) is -2.97. The number of rotatable bonds is 5. The van der Waals surface area contributed by atoms with Gasteiger partial charge in [-0.2, -0.15) is 0 Å². The molecule has 3 rings (SSSR count). The minimum atomic E-state index is -2.31. The van der Waals surface area contributed by atoms with E-state index in [4.69, 9.17) is 30.3 Å². The monoisotopic (exact) mass is 546 g/mol. The van der Waals surface area contributed by atoms with Crippen molar-refractivity contribution in [2.24, 2.45) is 0 Å². The highest BCUT2D eigenvalue weighted by Gasteiger charge is 2.50. The molecule has 0 aromatic heterocycles. The number of carbonyl (C=O) groups is 3. The molecular formula is C23H30O15. The van der Waals surface area contributed by atoms with Crippen molar-refractivity contribution in [2.45, 2.75) is 73.5 Å². The first-order chi connectivity index (χ1) is 17.5. The lowest BCUT2D eigenvalue weighted by Crippen LogP contribution is -2.57. The number of carboxylic acids is 2. The fourth-order valence-corrected chi connectivity index (χ4v) is 3.98. The summed E-state index contributed by atoms with van der Waals surface area (Å²) in [5.74, 6) is -4.74. The minimum Gasteiger partial charge on any atom is -0.504 e. The molecule has 0 aliphatic heterocycles. The van der Waals surface area contributed by atoms with Crippen molar-refractivity contribution in [3.05, 3.63) is 29.8 Å². The van der Waals surface area contributed by atoms with Crippen molar-refractivity contribution in [2.75, 3.05) is 0 Å². The van der Waals surface area contributed by atoms with E-state index in [0.717, 1.165) is 6.08 Å². The van der Waals surface area contributed by atoms with Crippen molar-refractivity contribution >= 4 is 24.0 Å². The first kappa shape index (κ1) is 30.9. The Labute approximate surface area is 214 Å². The number of benzene rings is 1. The van der Waals surface area contributed by atoms with Crippen LogP contribution in [0.2, 0.25) is 0 Å². The molecule has 2 aliphatic carbocycles. The van der Waals surface area contributed by atoms with Crippen LogP contribution in [0.25, 0.3) is 6.08 Å². The molecule has 6 unspecified atom stereocenters. The molecule has 1 aromatic carbocycles. The zero-order chi connectivity index (χ0) is 29.0. The molecule has 0 radical (unpaired) electrons. The van der Waals surface area contributed by atoms with E-state index in [9.17, 15) is 45.0 Å². The molecule has 0 heterocycles. The van der Waals surface area contributed by atoms with Crippen LogP contribution in [0.5, 0.6) is 11.5 Å². The van der Waals surface area contributed by atoms with Gasteiger partial charge in [0, 0.05) is 31.8 Å². The van der Waals surface area contributed by atoms with E-state index in [0.29, 0.717) is 5.56 Å². The molecular weight excluding hydrogens is 516 g/mol. The summed E-state index contributed by atoms with van der Waals surface area (Å²) >= 11 is 0. The summed E-state index contributed by atoms with van der Waals surface area (Å²) in [6, 6.07) is 3.83. The number of phenols is 2. The van der Waals surface area contributed by atoms with Crippen molar-refractivity contribution < 1.29 is 75.3 Å². The maximum Gasteiger partial charge on any atom is 0.335 e. The van der Waals surface area contributed by atoms with Crippen LogP contribution in [0.15, 0.2) is 24.3 Å². The van der Waals surface area contributed by atoms with Crippen LogP contribution in [-0.4, -0.2) is 122 Å². The van der Waals surface area contributed by atoms with Crippen molar-refractivity contribution in [3.8, 4) is 11.5 Å². The zero-order valence-corrected chi connectivity index (χ0v) is 19.7. The van der Waals surface area contributed by atoms with Crippen LogP contribution in [0.1, 0.15) is 31.2 Å². The van der Waals surface area contributed by atoms with Gasteiger partial charge in [0.15, 0.2) is 22.7 Å². The highest BCUT2D eigenvalue weighted by molar-refractivity contribution is 5.87. The van der Waals surface area contributed by atoms with Crippen molar-refractivity contribution in [3.63, 3.8) is 0 Å². The molecule has 2 saturated carbocycles. The average Bonchev–Trinajstić information content (AvgIpc) is 2.81. The molecule has 0 saturated heterocycles. The number of carboxylic acid groups (broad SMARTS) is 2. The second-order valence-corrected chi connectivity index (χ2v) is 9.23. The predicted molar refractivity (Wildman–Crippen MR) is 122 cm³/mol. The van der Waals surface area contributed by atoms with Gasteiger partial charge in [0.1, 0.15) is 18.3 Å².